The van der Waals surface area contributed by atoms with Gasteiger partial charge in [0, 0.05) is 5.69 Å². The molecule has 0 unspecified atom stereocenters. The van der Waals surface area contributed by atoms with Gasteiger partial charge in [0.25, 0.3) is 0 Å². The van der Waals surface area contributed by atoms with Crippen LogP contribution >= 0.6 is 0 Å². The summed E-state index contributed by atoms with van der Waals surface area (Å²) in [6.07, 6.45) is 0. The highest BCUT2D eigenvalue weighted by Crippen LogP contribution is 2.39. The monoisotopic (exact) mass is 534 g/mol. The Labute approximate surface area is 243 Å². The number of imidazole rings is 1. The molecule has 2 heteroatoms. The third-order valence-corrected chi connectivity index (χ3v) is 8.87. The van der Waals surface area contributed by atoms with E-state index in [2.05, 4.69) is 151 Å². The molecule has 0 aliphatic rings. The molecule has 8 aromatic carbocycles. The number of aryl methyl sites for hydroxylation is 1. The second kappa shape index (κ2) is 8.76. The van der Waals surface area contributed by atoms with Crippen molar-refractivity contribution in [3.05, 3.63) is 145 Å². The van der Waals surface area contributed by atoms with Crippen molar-refractivity contribution in [2.45, 2.75) is 6.92 Å². The zero-order chi connectivity index (χ0) is 27.8. The van der Waals surface area contributed by atoms with Crippen molar-refractivity contribution >= 4 is 54.1 Å². The molecule has 2 nitrogen and oxygen atoms in total. The topological polar surface area (TPSA) is 17.8 Å². The summed E-state index contributed by atoms with van der Waals surface area (Å²) < 4.78 is 2.26. The summed E-state index contributed by atoms with van der Waals surface area (Å²) >= 11 is 0. The summed E-state index contributed by atoms with van der Waals surface area (Å²) in [5, 5.41) is 10.4. The molecule has 0 bridgehead atoms. The third kappa shape index (κ3) is 3.42. The third-order valence-electron chi connectivity index (χ3n) is 8.87. The molecule has 9 aromatic rings. The molecule has 9 rings (SSSR count). The Morgan fingerprint density at radius 1 is 0.476 bits per heavy atom. The highest BCUT2D eigenvalue weighted by Gasteiger charge is 2.14. The van der Waals surface area contributed by atoms with Crippen LogP contribution in [0.2, 0.25) is 0 Å². The molecule has 1 heterocycles. The van der Waals surface area contributed by atoms with Crippen LogP contribution in [0.15, 0.2) is 140 Å². The molecule has 0 amide bonds. The lowest BCUT2D eigenvalue weighted by Gasteiger charge is -2.15. The molecule has 0 spiro atoms. The molecular formula is C40H26N2. The van der Waals surface area contributed by atoms with E-state index in [0.717, 1.165) is 22.5 Å². The Balaban J connectivity index is 1.12. The zero-order valence-corrected chi connectivity index (χ0v) is 23.2. The first-order valence-corrected chi connectivity index (χ1v) is 14.5. The summed E-state index contributed by atoms with van der Waals surface area (Å²) in [5.74, 6) is 0.983. The Bertz CT molecular complexity index is 2450. The van der Waals surface area contributed by atoms with Gasteiger partial charge in [-0.15, -0.1) is 0 Å². The lowest BCUT2D eigenvalue weighted by molar-refractivity contribution is 1.00. The number of hydrogen-bond donors (Lipinski definition) is 0. The number of nitrogens with zero attached hydrogens (tertiary/aromatic N) is 2. The fourth-order valence-corrected chi connectivity index (χ4v) is 6.85. The van der Waals surface area contributed by atoms with Crippen LogP contribution in [0, 0.1) is 6.92 Å². The van der Waals surface area contributed by atoms with Gasteiger partial charge < -0.3 is 0 Å². The Kier molecular flexibility index (Phi) is 4.85. The van der Waals surface area contributed by atoms with Crippen LogP contribution in [0.1, 0.15) is 5.82 Å². The van der Waals surface area contributed by atoms with Gasteiger partial charge >= 0.3 is 0 Å². The molecule has 0 saturated carbocycles. The maximum atomic E-state index is 4.97. The second-order valence-electron chi connectivity index (χ2n) is 11.3. The van der Waals surface area contributed by atoms with Gasteiger partial charge in [0.2, 0.25) is 0 Å². The summed E-state index contributed by atoms with van der Waals surface area (Å²) in [6, 6.07) is 50.8. The van der Waals surface area contributed by atoms with E-state index in [0.29, 0.717) is 0 Å². The van der Waals surface area contributed by atoms with E-state index < -0.39 is 0 Å². The fraction of sp³-hybridized carbons (Fsp3) is 0.0250. The Hall–Kier alpha value is -5.47. The number of hydrogen-bond acceptors (Lipinski definition) is 1. The van der Waals surface area contributed by atoms with E-state index in [-0.39, 0.29) is 0 Å². The first kappa shape index (κ1) is 23.3. The van der Waals surface area contributed by atoms with Gasteiger partial charge in [0.05, 0.1) is 11.0 Å². The molecule has 42 heavy (non-hydrogen) atoms. The van der Waals surface area contributed by atoms with Crippen molar-refractivity contribution in [3.63, 3.8) is 0 Å². The zero-order valence-electron chi connectivity index (χ0n) is 23.2. The van der Waals surface area contributed by atoms with Gasteiger partial charge in [0.15, 0.2) is 0 Å². The smallest absolute Gasteiger partial charge is 0.111 e. The lowest BCUT2D eigenvalue weighted by Crippen LogP contribution is -1.96. The molecule has 0 saturated heterocycles. The fourth-order valence-electron chi connectivity index (χ4n) is 6.85. The van der Waals surface area contributed by atoms with E-state index in [1.165, 1.54) is 65.3 Å². The lowest BCUT2D eigenvalue weighted by atomic mass is 9.90. The number of benzene rings is 8. The maximum Gasteiger partial charge on any atom is 0.111 e. The van der Waals surface area contributed by atoms with Crippen LogP contribution in [-0.2, 0) is 0 Å². The molecule has 0 atom stereocenters. The summed E-state index contributed by atoms with van der Waals surface area (Å²) in [5.41, 5.74) is 8.12. The van der Waals surface area contributed by atoms with Gasteiger partial charge in [-0.3, -0.25) is 4.57 Å². The van der Waals surface area contributed by atoms with Crippen molar-refractivity contribution in [2.24, 2.45) is 0 Å². The summed E-state index contributed by atoms with van der Waals surface area (Å²) in [6.45, 7) is 2.09. The van der Waals surface area contributed by atoms with Crippen molar-refractivity contribution < 1.29 is 0 Å². The first-order chi connectivity index (χ1) is 20.7. The van der Waals surface area contributed by atoms with E-state index in [1.54, 1.807) is 0 Å². The largest absolute Gasteiger partial charge is 0.297 e. The highest BCUT2D eigenvalue weighted by atomic mass is 15.1. The minimum Gasteiger partial charge on any atom is -0.297 e. The van der Waals surface area contributed by atoms with Gasteiger partial charge in [-0.25, -0.2) is 4.98 Å². The summed E-state index contributed by atoms with van der Waals surface area (Å²) in [7, 11) is 0. The van der Waals surface area contributed by atoms with Crippen LogP contribution in [0.4, 0.5) is 0 Å². The van der Waals surface area contributed by atoms with E-state index in [1.807, 2.05) is 0 Å². The molecule has 196 valence electrons. The van der Waals surface area contributed by atoms with Crippen LogP contribution in [0.5, 0.6) is 0 Å². The van der Waals surface area contributed by atoms with Crippen molar-refractivity contribution in [2.75, 3.05) is 0 Å². The SMILES string of the molecule is Cc1nc2cc(-c3ccc4ccccc4c3)ccc2n1-c1ccc(-c2ccc3ccc4cccc5ccc2c3c45)cc1. The van der Waals surface area contributed by atoms with Gasteiger partial charge in [-0.05, 0) is 103 Å². The Morgan fingerprint density at radius 2 is 1.10 bits per heavy atom. The quantitative estimate of drug-likeness (QED) is 0.206. The normalized spacial score (nSPS) is 11.9. The maximum absolute atomic E-state index is 4.97. The second-order valence-corrected chi connectivity index (χ2v) is 11.3. The van der Waals surface area contributed by atoms with Gasteiger partial charge in [-0.2, -0.15) is 0 Å². The van der Waals surface area contributed by atoms with Crippen LogP contribution < -0.4 is 0 Å². The molecule has 0 fully saturated rings. The standard InChI is InChI=1S/C40H26N2/c1-25-41-37-24-33(32-12-9-26-5-2-3-6-31(26)23-32)17-22-38(37)42(25)34-18-13-27(14-19-34)35-20-15-30-11-10-28-7-4-8-29-16-21-36(35)40(30)39(28)29/h2-24H,1H3. The molecule has 0 N–H and O–H groups in total. The van der Waals surface area contributed by atoms with Crippen molar-refractivity contribution in [1.29, 1.82) is 0 Å². The predicted molar refractivity (Wildman–Crippen MR) is 178 cm³/mol. The van der Waals surface area contributed by atoms with E-state index in [4.69, 9.17) is 4.98 Å². The molecule has 0 aliphatic heterocycles. The van der Waals surface area contributed by atoms with Crippen LogP contribution in [0.25, 0.3) is 82.1 Å². The number of rotatable bonds is 3. The first-order valence-electron chi connectivity index (χ1n) is 14.5. The van der Waals surface area contributed by atoms with E-state index >= 15 is 0 Å². The van der Waals surface area contributed by atoms with Gasteiger partial charge in [0.1, 0.15) is 5.82 Å². The molecular weight excluding hydrogens is 508 g/mol. The van der Waals surface area contributed by atoms with Gasteiger partial charge in [-0.1, -0.05) is 109 Å². The molecule has 1 aromatic heterocycles. The number of fused-ring (bicyclic) bond motifs is 2. The van der Waals surface area contributed by atoms with Crippen LogP contribution in [0.3, 0.4) is 0 Å². The summed E-state index contributed by atoms with van der Waals surface area (Å²) in [4.78, 5) is 4.97. The van der Waals surface area contributed by atoms with Crippen molar-refractivity contribution in [3.8, 4) is 27.9 Å². The van der Waals surface area contributed by atoms with E-state index in [9.17, 15) is 0 Å². The average Bonchev–Trinajstić information content (AvgIpc) is 3.38. The predicted octanol–water partition coefficient (Wildman–Crippen LogP) is 10.7. The Morgan fingerprint density at radius 3 is 1.93 bits per heavy atom. The minimum absolute atomic E-state index is 0.983. The average molecular weight is 535 g/mol. The van der Waals surface area contributed by atoms with Crippen LogP contribution in [-0.4, -0.2) is 9.55 Å². The molecule has 0 radical (unpaired) electrons. The minimum atomic E-state index is 0.983. The van der Waals surface area contributed by atoms with Crippen molar-refractivity contribution in [1.82, 2.24) is 9.55 Å². The highest BCUT2D eigenvalue weighted by molar-refractivity contribution is 6.25. The molecule has 0 aliphatic carbocycles. The number of aromatic nitrogens is 2.